The molecule has 0 aliphatic carbocycles. The number of methoxy groups -OCH3 is 1. The fourth-order valence-corrected chi connectivity index (χ4v) is 2.39. The average molecular weight is 327 g/mol. The van der Waals surface area contributed by atoms with Crippen LogP contribution in [-0.4, -0.2) is 25.7 Å². The van der Waals surface area contributed by atoms with Crippen molar-refractivity contribution in [3.05, 3.63) is 58.7 Å². The third kappa shape index (κ3) is 4.51. The van der Waals surface area contributed by atoms with Gasteiger partial charge in [0.2, 0.25) is 0 Å². The molecular weight excluding hydrogens is 302 g/mol. The van der Waals surface area contributed by atoms with Gasteiger partial charge in [-0.3, -0.25) is 4.79 Å². The molecule has 0 aliphatic heterocycles. The number of nitrogens with one attached hydrogen (secondary N) is 1. The molecule has 0 heterocycles. The topological polar surface area (TPSA) is 47.6 Å². The highest BCUT2D eigenvalue weighted by Gasteiger charge is 2.12. The van der Waals surface area contributed by atoms with E-state index in [0.29, 0.717) is 12.2 Å². The van der Waals surface area contributed by atoms with Crippen LogP contribution in [0.5, 0.6) is 11.5 Å². The second kappa shape index (κ2) is 7.86. The summed E-state index contributed by atoms with van der Waals surface area (Å²) in [6.07, 6.45) is 0. The molecule has 0 spiro atoms. The smallest absolute Gasteiger partial charge is 0.251 e. The van der Waals surface area contributed by atoms with Crippen LogP contribution in [-0.2, 0) is 0 Å². The molecule has 1 atom stereocenters. The Bertz CT molecular complexity index is 725. The van der Waals surface area contributed by atoms with Gasteiger partial charge in [0, 0.05) is 5.56 Å². The fraction of sp³-hybridized carbons (Fsp3) is 0.350. The zero-order chi connectivity index (χ0) is 17.7. The van der Waals surface area contributed by atoms with Crippen molar-refractivity contribution in [1.82, 2.24) is 5.32 Å². The van der Waals surface area contributed by atoms with Crippen LogP contribution in [0.1, 0.15) is 34.0 Å². The maximum Gasteiger partial charge on any atom is 0.251 e. The van der Waals surface area contributed by atoms with E-state index >= 15 is 0 Å². The van der Waals surface area contributed by atoms with Gasteiger partial charge in [-0.05, 0) is 74.7 Å². The van der Waals surface area contributed by atoms with Gasteiger partial charge in [0.15, 0.2) is 0 Å². The molecule has 0 saturated heterocycles. The van der Waals surface area contributed by atoms with Crippen molar-refractivity contribution in [1.29, 1.82) is 0 Å². The molecule has 0 bridgehead atoms. The maximum absolute atomic E-state index is 12.3. The molecule has 24 heavy (non-hydrogen) atoms. The zero-order valence-electron chi connectivity index (χ0n) is 15.0. The Labute approximate surface area is 143 Å². The molecule has 2 aromatic rings. The lowest BCUT2D eigenvalue weighted by molar-refractivity contribution is 0.0926. The number of amides is 1. The van der Waals surface area contributed by atoms with Crippen molar-refractivity contribution >= 4 is 5.91 Å². The molecular formula is C20H25NO3. The number of carbonyl (C=O) groups is 1. The van der Waals surface area contributed by atoms with E-state index in [4.69, 9.17) is 9.47 Å². The van der Waals surface area contributed by atoms with E-state index in [1.165, 1.54) is 11.1 Å². The summed E-state index contributed by atoms with van der Waals surface area (Å²) in [6, 6.07) is 11.3. The van der Waals surface area contributed by atoms with E-state index in [1.54, 1.807) is 19.2 Å². The van der Waals surface area contributed by atoms with Gasteiger partial charge < -0.3 is 14.8 Å². The number of hydrogen-bond acceptors (Lipinski definition) is 3. The predicted molar refractivity (Wildman–Crippen MR) is 96.1 cm³/mol. The normalized spacial score (nSPS) is 11.7. The summed E-state index contributed by atoms with van der Waals surface area (Å²) in [5.41, 5.74) is 3.98. The third-order valence-corrected chi connectivity index (χ3v) is 4.01. The molecule has 2 rings (SSSR count). The SMILES string of the molecule is COc1ccc(C(=O)NC(C)COc2ccc(C)c(C)c2)cc1C. The Kier molecular flexibility index (Phi) is 5.85. The fourth-order valence-electron chi connectivity index (χ4n) is 2.39. The standard InChI is InChI=1S/C20H25NO3/c1-13-6-8-18(11-14(13)2)24-12-16(4)21-20(22)17-7-9-19(23-5)15(3)10-17/h6-11,16H,12H2,1-5H3,(H,21,22). The van der Waals surface area contributed by atoms with Gasteiger partial charge in [-0.1, -0.05) is 6.07 Å². The second-order valence-electron chi connectivity index (χ2n) is 6.12. The molecule has 0 radical (unpaired) electrons. The van der Waals surface area contributed by atoms with Gasteiger partial charge >= 0.3 is 0 Å². The van der Waals surface area contributed by atoms with Crippen LogP contribution >= 0.6 is 0 Å². The van der Waals surface area contributed by atoms with Gasteiger partial charge in [0.25, 0.3) is 5.91 Å². The molecule has 4 nitrogen and oxygen atoms in total. The number of hydrogen-bond donors (Lipinski definition) is 1. The van der Waals surface area contributed by atoms with Gasteiger partial charge in [0.05, 0.1) is 13.2 Å². The van der Waals surface area contributed by atoms with Crippen molar-refractivity contribution in [2.45, 2.75) is 33.7 Å². The van der Waals surface area contributed by atoms with E-state index in [1.807, 2.05) is 38.1 Å². The Balaban J connectivity index is 1.91. The molecule has 0 aliphatic rings. The quantitative estimate of drug-likeness (QED) is 0.877. The molecule has 4 heteroatoms. The van der Waals surface area contributed by atoms with Crippen molar-refractivity contribution in [2.24, 2.45) is 0 Å². The maximum atomic E-state index is 12.3. The molecule has 2 aromatic carbocycles. The van der Waals surface area contributed by atoms with E-state index < -0.39 is 0 Å². The molecule has 0 fully saturated rings. The summed E-state index contributed by atoms with van der Waals surface area (Å²) >= 11 is 0. The number of ether oxygens (including phenoxy) is 2. The minimum absolute atomic E-state index is 0.0958. The van der Waals surface area contributed by atoms with E-state index in [9.17, 15) is 4.79 Å². The van der Waals surface area contributed by atoms with Crippen molar-refractivity contribution in [3.8, 4) is 11.5 Å². The van der Waals surface area contributed by atoms with Crippen LogP contribution in [0.3, 0.4) is 0 Å². The Morgan fingerprint density at radius 1 is 1.04 bits per heavy atom. The Morgan fingerprint density at radius 2 is 1.79 bits per heavy atom. The van der Waals surface area contributed by atoms with Gasteiger partial charge in [-0.25, -0.2) is 0 Å². The van der Waals surface area contributed by atoms with Crippen LogP contribution in [0.4, 0.5) is 0 Å². The second-order valence-corrected chi connectivity index (χ2v) is 6.12. The minimum atomic E-state index is -0.114. The van der Waals surface area contributed by atoms with Crippen LogP contribution in [0.2, 0.25) is 0 Å². The first kappa shape index (κ1) is 17.9. The van der Waals surface area contributed by atoms with E-state index in [0.717, 1.165) is 17.1 Å². The summed E-state index contributed by atoms with van der Waals surface area (Å²) in [7, 11) is 1.62. The van der Waals surface area contributed by atoms with Crippen LogP contribution in [0.25, 0.3) is 0 Å². The van der Waals surface area contributed by atoms with Gasteiger partial charge in [-0.2, -0.15) is 0 Å². The Morgan fingerprint density at radius 3 is 2.42 bits per heavy atom. The number of benzene rings is 2. The molecule has 0 saturated carbocycles. The summed E-state index contributed by atoms with van der Waals surface area (Å²) in [4.78, 5) is 12.3. The van der Waals surface area contributed by atoms with Crippen molar-refractivity contribution < 1.29 is 14.3 Å². The first-order chi connectivity index (χ1) is 11.4. The highest BCUT2D eigenvalue weighted by atomic mass is 16.5. The molecule has 0 aromatic heterocycles. The van der Waals surface area contributed by atoms with Crippen LogP contribution < -0.4 is 14.8 Å². The molecule has 1 N–H and O–H groups in total. The molecule has 1 amide bonds. The lowest BCUT2D eigenvalue weighted by Crippen LogP contribution is -2.36. The summed E-state index contributed by atoms with van der Waals surface area (Å²) in [6.45, 7) is 8.39. The minimum Gasteiger partial charge on any atom is -0.496 e. The summed E-state index contributed by atoms with van der Waals surface area (Å²) in [5.74, 6) is 1.48. The van der Waals surface area contributed by atoms with Crippen LogP contribution in [0, 0.1) is 20.8 Å². The van der Waals surface area contributed by atoms with Crippen molar-refractivity contribution in [3.63, 3.8) is 0 Å². The monoisotopic (exact) mass is 327 g/mol. The lowest BCUT2D eigenvalue weighted by atomic mass is 10.1. The van der Waals surface area contributed by atoms with E-state index in [2.05, 4.69) is 19.2 Å². The highest BCUT2D eigenvalue weighted by Crippen LogP contribution is 2.19. The largest absolute Gasteiger partial charge is 0.496 e. The number of aryl methyl sites for hydroxylation is 3. The zero-order valence-corrected chi connectivity index (χ0v) is 15.0. The van der Waals surface area contributed by atoms with Gasteiger partial charge in [0.1, 0.15) is 18.1 Å². The average Bonchev–Trinajstić information content (AvgIpc) is 2.55. The summed E-state index contributed by atoms with van der Waals surface area (Å²) in [5, 5.41) is 2.95. The first-order valence-corrected chi connectivity index (χ1v) is 8.06. The summed E-state index contributed by atoms with van der Waals surface area (Å²) < 4.78 is 11.0. The lowest BCUT2D eigenvalue weighted by Gasteiger charge is -2.16. The van der Waals surface area contributed by atoms with E-state index in [-0.39, 0.29) is 11.9 Å². The highest BCUT2D eigenvalue weighted by molar-refractivity contribution is 5.94. The predicted octanol–water partition coefficient (Wildman–Crippen LogP) is 3.82. The molecule has 1 unspecified atom stereocenters. The van der Waals surface area contributed by atoms with Crippen LogP contribution in [0.15, 0.2) is 36.4 Å². The van der Waals surface area contributed by atoms with Gasteiger partial charge in [-0.15, -0.1) is 0 Å². The van der Waals surface area contributed by atoms with Crippen molar-refractivity contribution in [2.75, 3.05) is 13.7 Å². The Hall–Kier alpha value is -2.49. The number of carbonyl (C=O) groups excluding carboxylic acids is 1. The molecule has 128 valence electrons. The number of rotatable bonds is 6. The first-order valence-electron chi connectivity index (χ1n) is 8.06. The third-order valence-electron chi connectivity index (χ3n) is 4.01.